The van der Waals surface area contributed by atoms with Gasteiger partial charge in [-0.2, -0.15) is 0 Å². The van der Waals surface area contributed by atoms with Gasteiger partial charge in [-0.15, -0.1) is 0 Å². The molecule has 0 bridgehead atoms. The maximum Gasteiger partial charge on any atom is 0.126 e. The topological polar surface area (TPSA) is 26.0 Å². The molecule has 76 valence electrons. The number of rotatable bonds is 1. The normalized spacial score (nSPS) is 28.9. The molecule has 0 saturated heterocycles. The van der Waals surface area contributed by atoms with Crippen LogP contribution in [0.1, 0.15) is 25.8 Å². The Morgan fingerprint density at radius 1 is 1.14 bits per heavy atom. The predicted molar refractivity (Wildman–Crippen MR) is 50.6 cm³/mol. The van der Waals surface area contributed by atoms with E-state index in [-0.39, 0.29) is 5.41 Å². The van der Waals surface area contributed by atoms with E-state index in [0.717, 1.165) is 12.5 Å². The van der Waals surface area contributed by atoms with Gasteiger partial charge in [-0.25, -0.2) is 8.78 Å². The third-order valence-corrected chi connectivity index (χ3v) is 3.18. The Kier molecular flexibility index (Phi) is 1.74. The molecular formula is C11H13F2N. The predicted octanol–water partition coefficient (Wildman–Crippen LogP) is 2.55. The third-order valence-electron chi connectivity index (χ3n) is 3.18. The van der Waals surface area contributed by atoms with Crippen molar-refractivity contribution in [2.24, 2.45) is 11.1 Å². The molecule has 1 fully saturated rings. The quantitative estimate of drug-likeness (QED) is 0.735. The lowest BCUT2D eigenvalue weighted by molar-refractivity contribution is 0.500. The maximum absolute atomic E-state index is 12.9. The van der Waals surface area contributed by atoms with Crippen molar-refractivity contribution in [1.29, 1.82) is 0 Å². The minimum absolute atomic E-state index is 0.0623. The molecular weight excluding hydrogens is 184 g/mol. The summed E-state index contributed by atoms with van der Waals surface area (Å²) in [5.41, 5.74) is 5.98. The van der Waals surface area contributed by atoms with E-state index in [0.29, 0.717) is 5.56 Å². The van der Waals surface area contributed by atoms with E-state index in [2.05, 4.69) is 0 Å². The summed E-state index contributed by atoms with van der Waals surface area (Å²) in [5, 5.41) is 0. The van der Waals surface area contributed by atoms with Crippen molar-refractivity contribution in [3.8, 4) is 0 Å². The lowest BCUT2D eigenvalue weighted by atomic mass is 9.97. The first-order chi connectivity index (χ1) is 6.35. The molecule has 1 aliphatic rings. The Hall–Kier alpha value is -0.960. The van der Waals surface area contributed by atoms with Crippen LogP contribution in [-0.2, 0) is 5.54 Å². The molecule has 0 aliphatic heterocycles. The van der Waals surface area contributed by atoms with Gasteiger partial charge in [0.05, 0.1) is 0 Å². The lowest BCUT2D eigenvalue weighted by Gasteiger charge is -2.15. The van der Waals surface area contributed by atoms with Crippen LogP contribution in [0.25, 0.3) is 0 Å². The molecule has 1 nitrogen and oxygen atoms in total. The molecule has 3 heteroatoms. The zero-order valence-electron chi connectivity index (χ0n) is 8.27. The van der Waals surface area contributed by atoms with Crippen LogP contribution in [0.15, 0.2) is 18.2 Å². The van der Waals surface area contributed by atoms with Crippen molar-refractivity contribution in [2.45, 2.75) is 25.8 Å². The van der Waals surface area contributed by atoms with Gasteiger partial charge in [-0.1, -0.05) is 13.8 Å². The first-order valence-corrected chi connectivity index (χ1v) is 4.61. The Labute approximate surface area is 81.9 Å². The Morgan fingerprint density at radius 3 is 1.93 bits per heavy atom. The summed E-state index contributed by atoms with van der Waals surface area (Å²) in [6.45, 7) is 3.99. The first-order valence-electron chi connectivity index (χ1n) is 4.61. The highest BCUT2D eigenvalue weighted by Crippen LogP contribution is 2.60. The summed E-state index contributed by atoms with van der Waals surface area (Å²) in [4.78, 5) is 0. The van der Waals surface area contributed by atoms with Gasteiger partial charge >= 0.3 is 0 Å². The van der Waals surface area contributed by atoms with Gasteiger partial charge in [-0.05, 0) is 29.5 Å². The van der Waals surface area contributed by atoms with E-state index in [1.54, 1.807) is 0 Å². The van der Waals surface area contributed by atoms with Crippen LogP contribution in [0.4, 0.5) is 8.78 Å². The molecule has 0 spiro atoms. The molecule has 0 amide bonds. The average Bonchev–Trinajstić information content (AvgIpc) is 2.50. The molecule has 1 atom stereocenters. The van der Waals surface area contributed by atoms with E-state index in [4.69, 9.17) is 5.73 Å². The molecule has 1 unspecified atom stereocenters. The Balaban J connectivity index is 2.44. The molecule has 0 radical (unpaired) electrons. The van der Waals surface area contributed by atoms with Gasteiger partial charge in [-0.3, -0.25) is 0 Å². The summed E-state index contributed by atoms with van der Waals surface area (Å²) < 4.78 is 25.9. The summed E-state index contributed by atoms with van der Waals surface area (Å²) in [6, 6.07) is 3.50. The van der Waals surface area contributed by atoms with Crippen LogP contribution in [0.5, 0.6) is 0 Å². The lowest BCUT2D eigenvalue weighted by Crippen LogP contribution is -2.25. The average molecular weight is 197 g/mol. The molecule has 1 aromatic rings. The van der Waals surface area contributed by atoms with Crippen LogP contribution in [0, 0.1) is 17.0 Å². The van der Waals surface area contributed by atoms with Gasteiger partial charge in [0.15, 0.2) is 0 Å². The number of halogens is 2. The van der Waals surface area contributed by atoms with Crippen LogP contribution in [-0.4, -0.2) is 0 Å². The highest BCUT2D eigenvalue weighted by molar-refractivity contribution is 5.35. The number of hydrogen-bond acceptors (Lipinski definition) is 1. The van der Waals surface area contributed by atoms with Crippen molar-refractivity contribution in [2.75, 3.05) is 0 Å². The minimum atomic E-state index is -0.562. The van der Waals surface area contributed by atoms with Crippen molar-refractivity contribution >= 4 is 0 Å². The second kappa shape index (κ2) is 2.54. The molecule has 1 aliphatic carbocycles. The van der Waals surface area contributed by atoms with Crippen LogP contribution in [0.2, 0.25) is 0 Å². The third kappa shape index (κ3) is 1.23. The number of benzene rings is 1. The Bertz CT molecular complexity index is 367. The molecule has 2 rings (SSSR count). The molecule has 1 aromatic carbocycles. The van der Waals surface area contributed by atoms with Crippen molar-refractivity contribution in [3.05, 3.63) is 35.4 Å². The summed E-state index contributed by atoms with van der Waals surface area (Å²) in [7, 11) is 0. The first kappa shape index (κ1) is 9.59. The maximum atomic E-state index is 12.9. The SMILES string of the molecule is CC1(C)CC1(N)c1cc(F)cc(F)c1. The van der Waals surface area contributed by atoms with Gasteiger partial charge < -0.3 is 5.73 Å². The molecule has 1 saturated carbocycles. The second-order valence-electron chi connectivity index (χ2n) is 4.69. The zero-order valence-corrected chi connectivity index (χ0v) is 8.27. The molecule has 0 heterocycles. The van der Waals surface area contributed by atoms with E-state index in [1.807, 2.05) is 13.8 Å². The van der Waals surface area contributed by atoms with Crippen molar-refractivity contribution < 1.29 is 8.78 Å². The van der Waals surface area contributed by atoms with E-state index in [1.165, 1.54) is 12.1 Å². The smallest absolute Gasteiger partial charge is 0.126 e. The fraction of sp³-hybridized carbons (Fsp3) is 0.455. The summed E-state index contributed by atoms with van der Waals surface area (Å²) >= 11 is 0. The van der Waals surface area contributed by atoms with Crippen LogP contribution >= 0.6 is 0 Å². The van der Waals surface area contributed by atoms with Gasteiger partial charge in [0.25, 0.3) is 0 Å². The zero-order chi connectivity index (χ0) is 10.6. The Morgan fingerprint density at radius 2 is 1.57 bits per heavy atom. The van der Waals surface area contributed by atoms with Crippen molar-refractivity contribution in [1.82, 2.24) is 0 Å². The largest absolute Gasteiger partial charge is 0.321 e. The standard InChI is InChI=1S/C11H13F2N/c1-10(2)6-11(10,14)7-3-8(12)5-9(13)4-7/h3-5H,6,14H2,1-2H3. The molecule has 14 heavy (non-hydrogen) atoms. The molecule has 2 N–H and O–H groups in total. The van der Waals surface area contributed by atoms with Crippen molar-refractivity contribution in [3.63, 3.8) is 0 Å². The van der Waals surface area contributed by atoms with E-state index in [9.17, 15) is 8.78 Å². The van der Waals surface area contributed by atoms with Gasteiger partial charge in [0, 0.05) is 11.6 Å². The monoisotopic (exact) mass is 197 g/mol. The highest BCUT2D eigenvalue weighted by atomic mass is 19.1. The highest BCUT2D eigenvalue weighted by Gasteiger charge is 2.59. The van der Waals surface area contributed by atoms with E-state index < -0.39 is 17.2 Å². The fourth-order valence-electron chi connectivity index (χ4n) is 1.96. The van der Waals surface area contributed by atoms with Crippen LogP contribution in [0.3, 0.4) is 0 Å². The summed E-state index contributed by atoms with van der Waals surface area (Å²) in [5.74, 6) is -1.12. The van der Waals surface area contributed by atoms with E-state index >= 15 is 0 Å². The van der Waals surface area contributed by atoms with Gasteiger partial charge in [0.2, 0.25) is 0 Å². The number of hydrogen-bond donors (Lipinski definition) is 1. The van der Waals surface area contributed by atoms with Crippen LogP contribution < -0.4 is 5.73 Å². The second-order valence-corrected chi connectivity index (χ2v) is 4.69. The van der Waals surface area contributed by atoms with Gasteiger partial charge in [0.1, 0.15) is 11.6 Å². The molecule has 0 aromatic heterocycles. The number of nitrogens with two attached hydrogens (primary N) is 1. The summed E-state index contributed by atoms with van der Waals surface area (Å²) in [6.07, 6.45) is 0.767. The minimum Gasteiger partial charge on any atom is -0.321 e. The fourth-order valence-corrected chi connectivity index (χ4v) is 1.96.